The van der Waals surface area contributed by atoms with Crippen molar-refractivity contribution in [2.45, 2.75) is 48.5 Å². The number of thioether (sulfide) groups is 1. The van der Waals surface area contributed by atoms with Crippen LogP contribution < -0.4 is 0 Å². The lowest BCUT2D eigenvalue weighted by molar-refractivity contribution is 0.439. The number of rotatable bonds is 2. The molecule has 1 unspecified atom stereocenters. The Kier molecular flexibility index (Phi) is 3.97. The van der Waals surface area contributed by atoms with Crippen LogP contribution in [0, 0.1) is 23.2 Å². The van der Waals surface area contributed by atoms with Crippen LogP contribution in [0.1, 0.15) is 48.5 Å². The SMILES string of the molecule is CC(C)C1=C(C(C)(C)C)SCC1C(C)C. The van der Waals surface area contributed by atoms with E-state index < -0.39 is 0 Å². The van der Waals surface area contributed by atoms with Gasteiger partial charge in [-0.3, -0.25) is 0 Å². The highest BCUT2D eigenvalue weighted by atomic mass is 32.2. The van der Waals surface area contributed by atoms with Gasteiger partial charge in [0, 0.05) is 5.75 Å². The van der Waals surface area contributed by atoms with Crippen LogP contribution in [0.5, 0.6) is 0 Å². The van der Waals surface area contributed by atoms with E-state index in [2.05, 4.69) is 60.2 Å². The van der Waals surface area contributed by atoms with Crippen LogP contribution in [0.3, 0.4) is 0 Å². The Hall–Kier alpha value is 0.0900. The summed E-state index contributed by atoms with van der Waals surface area (Å²) in [6.07, 6.45) is 0. The Bertz CT molecular complexity index is 253. The van der Waals surface area contributed by atoms with Crippen molar-refractivity contribution in [2.24, 2.45) is 23.2 Å². The van der Waals surface area contributed by atoms with Gasteiger partial charge in [0.2, 0.25) is 0 Å². The minimum atomic E-state index is 0.341. The molecule has 0 nitrogen and oxygen atoms in total. The molecule has 0 saturated heterocycles. The summed E-state index contributed by atoms with van der Waals surface area (Å²) in [5.41, 5.74) is 2.08. The average Bonchev–Trinajstić information content (AvgIpc) is 2.45. The van der Waals surface area contributed by atoms with Crippen LogP contribution >= 0.6 is 11.8 Å². The first-order valence-corrected chi connectivity index (χ1v) is 7.11. The molecule has 0 spiro atoms. The molecule has 0 aromatic heterocycles. The fourth-order valence-electron chi connectivity index (χ4n) is 2.41. The van der Waals surface area contributed by atoms with Crippen molar-refractivity contribution < 1.29 is 0 Å². The fraction of sp³-hybridized carbons (Fsp3) is 0.857. The largest absolute Gasteiger partial charge is 0.129 e. The van der Waals surface area contributed by atoms with Crippen molar-refractivity contribution in [1.82, 2.24) is 0 Å². The summed E-state index contributed by atoms with van der Waals surface area (Å²) in [5, 5.41) is 0. The van der Waals surface area contributed by atoms with Gasteiger partial charge in [-0.25, -0.2) is 0 Å². The first-order chi connectivity index (χ1) is 6.75. The van der Waals surface area contributed by atoms with Gasteiger partial charge in [-0.15, -0.1) is 11.8 Å². The summed E-state index contributed by atoms with van der Waals surface area (Å²) in [7, 11) is 0. The third-order valence-corrected chi connectivity index (χ3v) is 4.84. The summed E-state index contributed by atoms with van der Waals surface area (Å²) < 4.78 is 0. The predicted octanol–water partition coefficient (Wildman–Crippen LogP) is 4.96. The molecule has 0 N–H and O–H groups in total. The average molecular weight is 226 g/mol. The molecular formula is C14H26S. The lowest BCUT2D eigenvalue weighted by atomic mass is 9.79. The molecule has 0 aromatic carbocycles. The molecule has 0 radical (unpaired) electrons. The fourth-order valence-corrected chi connectivity index (χ4v) is 4.30. The van der Waals surface area contributed by atoms with Gasteiger partial charge in [0.15, 0.2) is 0 Å². The number of allylic oxidation sites excluding steroid dienone is 2. The summed E-state index contributed by atoms with van der Waals surface area (Å²) in [4.78, 5) is 1.66. The van der Waals surface area contributed by atoms with E-state index in [-0.39, 0.29) is 0 Å². The highest BCUT2D eigenvalue weighted by Crippen LogP contribution is 2.50. The molecule has 15 heavy (non-hydrogen) atoms. The zero-order valence-corrected chi connectivity index (χ0v) is 12.2. The predicted molar refractivity (Wildman–Crippen MR) is 72.1 cm³/mol. The molecule has 1 atom stereocenters. The van der Waals surface area contributed by atoms with Crippen molar-refractivity contribution in [3.05, 3.63) is 10.5 Å². The Balaban J connectivity index is 3.09. The smallest absolute Gasteiger partial charge is 0.00457 e. The van der Waals surface area contributed by atoms with Gasteiger partial charge in [-0.05, 0) is 28.1 Å². The first kappa shape index (κ1) is 13.2. The zero-order chi connectivity index (χ0) is 11.8. The molecule has 0 bridgehead atoms. The van der Waals surface area contributed by atoms with E-state index in [9.17, 15) is 0 Å². The van der Waals surface area contributed by atoms with E-state index in [1.165, 1.54) is 5.75 Å². The Morgan fingerprint density at radius 1 is 1.13 bits per heavy atom. The maximum Gasteiger partial charge on any atom is 0.00457 e. The van der Waals surface area contributed by atoms with Gasteiger partial charge in [-0.1, -0.05) is 54.0 Å². The molecule has 1 heteroatoms. The molecule has 1 heterocycles. The minimum absolute atomic E-state index is 0.341. The lowest BCUT2D eigenvalue weighted by Gasteiger charge is -2.26. The summed E-state index contributed by atoms with van der Waals surface area (Å²) in [6, 6.07) is 0. The van der Waals surface area contributed by atoms with Gasteiger partial charge in [0.25, 0.3) is 0 Å². The third-order valence-electron chi connectivity index (χ3n) is 3.18. The first-order valence-electron chi connectivity index (χ1n) is 6.12. The topological polar surface area (TPSA) is 0 Å². The Labute approximate surface area is 99.9 Å². The zero-order valence-electron chi connectivity index (χ0n) is 11.3. The Morgan fingerprint density at radius 3 is 2.00 bits per heavy atom. The summed E-state index contributed by atoms with van der Waals surface area (Å²) >= 11 is 2.10. The molecule has 1 aliphatic rings. The molecule has 0 aliphatic carbocycles. The van der Waals surface area contributed by atoms with E-state index in [4.69, 9.17) is 0 Å². The van der Waals surface area contributed by atoms with Crippen molar-refractivity contribution in [1.29, 1.82) is 0 Å². The van der Waals surface area contributed by atoms with E-state index in [1.54, 1.807) is 10.5 Å². The number of hydrogen-bond donors (Lipinski definition) is 0. The summed E-state index contributed by atoms with van der Waals surface area (Å²) in [5.74, 6) is 3.61. The Morgan fingerprint density at radius 2 is 1.67 bits per heavy atom. The minimum Gasteiger partial charge on any atom is -0.129 e. The van der Waals surface area contributed by atoms with Gasteiger partial charge >= 0.3 is 0 Å². The maximum atomic E-state index is 2.36. The van der Waals surface area contributed by atoms with E-state index in [1.807, 2.05) is 0 Å². The molecular weight excluding hydrogens is 200 g/mol. The molecule has 0 aromatic rings. The van der Waals surface area contributed by atoms with Crippen molar-refractivity contribution in [3.63, 3.8) is 0 Å². The van der Waals surface area contributed by atoms with Crippen LogP contribution in [-0.4, -0.2) is 5.75 Å². The lowest BCUT2D eigenvalue weighted by Crippen LogP contribution is -2.17. The maximum absolute atomic E-state index is 2.36. The van der Waals surface area contributed by atoms with Crippen molar-refractivity contribution >= 4 is 11.8 Å². The molecule has 0 saturated carbocycles. The van der Waals surface area contributed by atoms with E-state index >= 15 is 0 Å². The van der Waals surface area contributed by atoms with E-state index in [0.717, 1.165) is 11.8 Å². The monoisotopic (exact) mass is 226 g/mol. The van der Waals surface area contributed by atoms with Gasteiger partial charge in [0.05, 0.1) is 0 Å². The van der Waals surface area contributed by atoms with Crippen molar-refractivity contribution in [2.75, 3.05) is 5.75 Å². The molecule has 1 aliphatic heterocycles. The second kappa shape index (κ2) is 4.53. The highest BCUT2D eigenvalue weighted by Gasteiger charge is 2.34. The van der Waals surface area contributed by atoms with Crippen LogP contribution in [0.2, 0.25) is 0 Å². The van der Waals surface area contributed by atoms with Crippen LogP contribution in [0.4, 0.5) is 0 Å². The van der Waals surface area contributed by atoms with Crippen molar-refractivity contribution in [3.8, 4) is 0 Å². The standard InChI is InChI=1S/C14H26S/c1-9(2)11-8-15-13(14(5,6)7)12(11)10(3)4/h9-11H,8H2,1-7H3. The van der Waals surface area contributed by atoms with Crippen LogP contribution in [-0.2, 0) is 0 Å². The summed E-state index contributed by atoms with van der Waals surface area (Å²) in [6.45, 7) is 16.5. The second-order valence-electron chi connectivity index (χ2n) is 6.35. The molecule has 88 valence electrons. The quantitative estimate of drug-likeness (QED) is 0.641. The highest BCUT2D eigenvalue weighted by molar-refractivity contribution is 8.03. The normalized spacial score (nSPS) is 23.4. The molecule has 0 amide bonds. The number of hydrogen-bond acceptors (Lipinski definition) is 1. The van der Waals surface area contributed by atoms with Gasteiger partial charge < -0.3 is 0 Å². The van der Waals surface area contributed by atoms with Gasteiger partial charge in [-0.2, -0.15) is 0 Å². The van der Waals surface area contributed by atoms with Crippen LogP contribution in [0.25, 0.3) is 0 Å². The molecule has 0 fully saturated rings. The molecule has 1 rings (SSSR count). The van der Waals surface area contributed by atoms with Crippen LogP contribution in [0.15, 0.2) is 10.5 Å². The van der Waals surface area contributed by atoms with E-state index in [0.29, 0.717) is 11.3 Å². The third kappa shape index (κ3) is 2.81. The van der Waals surface area contributed by atoms with Gasteiger partial charge in [0.1, 0.15) is 0 Å². The second-order valence-corrected chi connectivity index (χ2v) is 7.38.